The predicted molar refractivity (Wildman–Crippen MR) is 129 cm³/mol. The van der Waals surface area contributed by atoms with E-state index < -0.39 is 17.7 Å². The van der Waals surface area contributed by atoms with Crippen LogP contribution in [0.15, 0.2) is 88.4 Å². The second kappa shape index (κ2) is 9.10. The van der Waals surface area contributed by atoms with Gasteiger partial charge in [-0.2, -0.15) is 5.10 Å². The second-order valence-electron chi connectivity index (χ2n) is 7.16. The van der Waals surface area contributed by atoms with Crippen LogP contribution in [0.5, 0.6) is 0 Å². The summed E-state index contributed by atoms with van der Waals surface area (Å²) >= 11 is 3.38. The number of nitrogens with one attached hydrogen (secondary N) is 2. The normalized spacial score (nSPS) is 12.2. The van der Waals surface area contributed by atoms with Gasteiger partial charge in [0.05, 0.1) is 11.9 Å². The summed E-state index contributed by atoms with van der Waals surface area (Å²) in [5.74, 6) is -1.80. The molecule has 0 aliphatic rings. The summed E-state index contributed by atoms with van der Waals surface area (Å²) in [6.07, 6.45) is 1.64. The Balaban J connectivity index is 1.53. The number of carbonyl (C=O) groups is 2. The molecule has 154 valence electrons. The van der Waals surface area contributed by atoms with E-state index in [-0.39, 0.29) is 0 Å². The van der Waals surface area contributed by atoms with E-state index in [1.54, 1.807) is 19.2 Å². The Bertz CT molecular complexity index is 1260. The van der Waals surface area contributed by atoms with Crippen LogP contribution >= 0.6 is 15.9 Å². The lowest BCUT2D eigenvalue weighted by Crippen LogP contribution is -2.34. The molecule has 6 heteroatoms. The van der Waals surface area contributed by atoms with E-state index in [4.69, 9.17) is 0 Å². The van der Waals surface area contributed by atoms with Gasteiger partial charge in [-0.25, -0.2) is 5.43 Å². The number of hydrogen-bond donors (Lipinski definition) is 2. The van der Waals surface area contributed by atoms with Gasteiger partial charge in [-0.15, -0.1) is 0 Å². The zero-order valence-electron chi connectivity index (χ0n) is 16.8. The Hall–Kier alpha value is -3.51. The molecule has 0 saturated carbocycles. The van der Waals surface area contributed by atoms with E-state index in [0.717, 1.165) is 31.6 Å². The van der Waals surface area contributed by atoms with Crippen LogP contribution in [0, 0.1) is 5.92 Å². The van der Waals surface area contributed by atoms with Crippen molar-refractivity contribution in [3.63, 3.8) is 0 Å². The zero-order valence-corrected chi connectivity index (χ0v) is 18.4. The van der Waals surface area contributed by atoms with Crippen molar-refractivity contribution in [2.45, 2.75) is 6.92 Å². The molecule has 2 N–H and O–H groups in total. The fourth-order valence-electron chi connectivity index (χ4n) is 3.37. The maximum Gasteiger partial charge on any atom is 0.252 e. The van der Waals surface area contributed by atoms with E-state index in [2.05, 4.69) is 37.8 Å². The third-order valence-corrected chi connectivity index (χ3v) is 5.79. The molecule has 0 aliphatic carbocycles. The lowest BCUT2D eigenvalue weighted by atomic mass is 9.97. The molecule has 0 saturated heterocycles. The molecule has 5 nitrogen and oxygen atoms in total. The van der Waals surface area contributed by atoms with Gasteiger partial charge in [-0.05, 0) is 62.6 Å². The van der Waals surface area contributed by atoms with Gasteiger partial charge in [0, 0.05) is 10.0 Å². The molecule has 31 heavy (non-hydrogen) atoms. The predicted octanol–water partition coefficient (Wildman–Crippen LogP) is 5.48. The molecule has 4 aromatic carbocycles. The fourth-order valence-corrected chi connectivity index (χ4v) is 3.75. The Kier molecular flexibility index (Phi) is 6.09. The molecule has 0 aliphatic heterocycles. The molecule has 0 aromatic heterocycles. The first-order valence-electron chi connectivity index (χ1n) is 9.83. The van der Waals surface area contributed by atoms with Crippen molar-refractivity contribution in [2.75, 3.05) is 5.32 Å². The number of hydrogen-bond acceptors (Lipinski definition) is 3. The van der Waals surface area contributed by atoms with Crippen LogP contribution in [0.1, 0.15) is 12.5 Å². The molecule has 1 unspecified atom stereocenters. The Morgan fingerprint density at radius 1 is 0.871 bits per heavy atom. The average Bonchev–Trinajstić information content (AvgIpc) is 2.79. The van der Waals surface area contributed by atoms with Gasteiger partial charge in [-0.1, -0.05) is 60.7 Å². The molecule has 2 amide bonds. The number of fused-ring (bicyclic) bond motifs is 2. The quantitative estimate of drug-likeness (QED) is 0.174. The van der Waals surface area contributed by atoms with Gasteiger partial charge in [0.2, 0.25) is 5.91 Å². The molecule has 0 heterocycles. The highest BCUT2D eigenvalue weighted by atomic mass is 79.9. The van der Waals surface area contributed by atoms with Crippen LogP contribution in [-0.4, -0.2) is 18.0 Å². The molecule has 0 spiro atoms. The third kappa shape index (κ3) is 4.49. The van der Waals surface area contributed by atoms with E-state index in [0.29, 0.717) is 5.69 Å². The maximum absolute atomic E-state index is 12.5. The number of halogens is 1. The third-order valence-electron chi connectivity index (χ3n) is 5.10. The topological polar surface area (TPSA) is 70.6 Å². The molecule has 4 rings (SSSR count). The summed E-state index contributed by atoms with van der Waals surface area (Å²) in [5.41, 5.74) is 4.02. The number of benzene rings is 4. The molecule has 0 bridgehead atoms. The van der Waals surface area contributed by atoms with Crippen molar-refractivity contribution in [2.24, 2.45) is 11.0 Å². The van der Waals surface area contributed by atoms with Crippen LogP contribution in [0.25, 0.3) is 21.5 Å². The smallest absolute Gasteiger partial charge is 0.252 e. The van der Waals surface area contributed by atoms with Gasteiger partial charge in [0.15, 0.2) is 0 Å². The molecule has 1 atom stereocenters. The SMILES string of the molecule is CC(C(=O)NN=Cc1c2ccccc2cc2ccccc12)C(=O)Nc1ccccc1Br. The molecular weight excluding hydrogens is 454 g/mol. The molecule has 4 aromatic rings. The van der Waals surface area contributed by atoms with Crippen LogP contribution < -0.4 is 10.7 Å². The highest BCUT2D eigenvalue weighted by molar-refractivity contribution is 9.10. The number of hydrazone groups is 1. The van der Waals surface area contributed by atoms with E-state index in [1.165, 1.54) is 0 Å². The van der Waals surface area contributed by atoms with Gasteiger partial charge in [-0.3, -0.25) is 9.59 Å². The highest BCUT2D eigenvalue weighted by Crippen LogP contribution is 2.27. The largest absolute Gasteiger partial charge is 0.324 e. The average molecular weight is 474 g/mol. The molecular formula is C25H20BrN3O2. The maximum atomic E-state index is 12.5. The Labute approximate surface area is 188 Å². The lowest BCUT2D eigenvalue weighted by Gasteiger charge is -2.12. The van der Waals surface area contributed by atoms with Gasteiger partial charge >= 0.3 is 0 Å². The van der Waals surface area contributed by atoms with Crippen molar-refractivity contribution < 1.29 is 9.59 Å². The first-order valence-corrected chi connectivity index (χ1v) is 10.6. The number of para-hydroxylation sites is 1. The number of anilines is 1. The van der Waals surface area contributed by atoms with Crippen LogP contribution in [0.4, 0.5) is 5.69 Å². The molecule has 0 fully saturated rings. The number of amides is 2. The highest BCUT2D eigenvalue weighted by Gasteiger charge is 2.21. The van der Waals surface area contributed by atoms with E-state index >= 15 is 0 Å². The minimum absolute atomic E-state index is 0.407. The monoisotopic (exact) mass is 473 g/mol. The van der Waals surface area contributed by atoms with Gasteiger partial charge in [0.25, 0.3) is 5.91 Å². The van der Waals surface area contributed by atoms with Crippen LogP contribution in [0.3, 0.4) is 0 Å². The summed E-state index contributed by atoms with van der Waals surface area (Å²) < 4.78 is 0.747. The van der Waals surface area contributed by atoms with Crippen molar-refractivity contribution in [3.05, 3.63) is 88.9 Å². The van der Waals surface area contributed by atoms with Gasteiger partial charge in [0.1, 0.15) is 5.92 Å². The van der Waals surface area contributed by atoms with Crippen molar-refractivity contribution >= 4 is 61.2 Å². The van der Waals surface area contributed by atoms with Crippen LogP contribution in [0.2, 0.25) is 0 Å². The van der Waals surface area contributed by atoms with Gasteiger partial charge < -0.3 is 5.32 Å². The number of nitrogens with zero attached hydrogens (tertiary/aromatic N) is 1. The van der Waals surface area contributed by atoms with Crippen molar-refractivity contribution in [3.8, 4) is 0 Å². The summed E-state index contributed by atoms with van der Waals surface area (Å²) in [6.45, 7) is 1.55. The van der Waals surface area contributed by atoms with E-state index in [1.807, 2.05) is 66.7 Å². The first-order chi connectivity index (χ1) is 15.0. The fraction of sp³-hybridized carbons (Fsp3) is 0.0800. The molecule has 0 radical (unpaired) electrons. The minimum atomic E-state index is -0.909. The first kappa shape index (κ1) is 20.8. The standard InChI is InChI=1S/C25H20BrN3O2/c1-16(24(30)28-23-13-7-6-12-22(23)26)25(31)29-27-15-21-19-10-4-2-8-17(19)14-18-9-3-5-11-20(18)21/h2-16H,1H3,(H,28,30)(H,29,31). The summed E-state index contributed by atoms with van der Waals surface area (Å²) in [4.78, 5) is 24.9. The van der Waals surface area contributed by atoms with Crippen LogP contribution in [-0.2, 0) is 9.59 Å². The van der Waals surface area contributed by atoms with Crippen molar-refractivity contribution in [1.29, 1.82) is 0 Å². The summed E-state index contributed by atoms with van der Waals surface area (Å²) in [5, 5.41) is 11.2. The zero-order chi connectivity index (χ0) is 21.8. The summed E-state index contributed by atoms with van der Waals surface area (Å²) in [7, 11) is 0. The lowest BCUT2D eigenvalue weighted by molar-refractivity contribution is -0.131. The van der Waals surface area contributed by atoms with Crippen molar-refractivity contribution in [1.82, 2.24) is 5.43 Å². The minimum Gasteiger partial charge on any atom is -0.324 e. The Morgan fingerprint density at radius 2 is 1.45 bits per heavy atom. The van der Waals surface area contributed by atoms with E-state index in [9.17, 15) is 9.59 Å². The Morgan fingerprint density at radius 3 is 2.10 bits per heavy atom. The number of rotatable bonds is 5. The summed E-state index contributed by atoms with van der Waals surface area (Å²) in [6, 6.07) is 25.4. The number of carbonyl (C=O) groups excluding carboxylic acids is 2. The second-order valence-corrected chi connectivity index (χ2v) is 8.01.